The van der Waals surface area contributed by atoms with Gasteiger partial charge in [0.2, 0.25) is 5.91 Å². The molecule has 0 aromatic carbocycles. The zero-order valence-corrected chi connectivity index (χ0v) is 12.6. The first kappa shape index (κ1) is 14.8. The molecule has 2 fully saturated rings. The van der Waals surface area contributed by atoms with Gasteiger partial charge in [-0.2, -0.15) is 0 Å². The maximum Gasteiger partial charge on any atom is 0.221 e. The molecule has 0 spiro atoms. The Morgan fingerprint density at radius 2 is 1.84 bits per heavy atom. The molecule has 19 heavy (non-hydrogen) atoms. The maximum absolute atomic E-state index is 11.6. The van der Waals surface area contributed by atoms with Crippen LogP contribution in [0.2, 0.25) is 0 Å². The van der Waals surface area contributed by atoms with E-state index in [9.17, 15) is 4.79 Å². The molecular weight excluding hydrogens is 236 g/mol. The first-order valence-electron chi connectivity index (χ1n) is 8.18. The second kappa shape index (κ2) is 7.28. The van der Waals surface area contributed by atoms with Crippen molar-refractivity contribution in [2.45, 2.75) is 77.3 Å². The Balaban J connectivity index is 1.63. The van der Waals surface area contributed by atoms with E-state index in [1.165, 1.54) is 44.9 Å². The van der Waals surface area contributed by atoms with E-state index in [4.69, 9.17) is 0 Å². The predicted molar refractivity (Wildman–Crippen MR) is 79.0 cm³/mol. The SMILES string of the molecule is CC(C)NC(=O)CCNC1CCC2CCCCC2C1. The quantitative estimate of drug-likeness (QED) is 0.803. The van der Waals surface area contributed by atoms with Crippen molar-refractivity contribution in [2.75, 3.05) is 6.54 Å². The minimum absolute atomic E-state index is 0.175. The van der Waals surface area contributed by atoms with Crippen LogP contribution in [0.25, 0.3) is 0 Å². The number of fused-ring (bicyclic) bond motifs is 1. The number of carbonyl (C=O) groups excluding carboxylic acids is 1. The van der Waals surface area contributed by atoms with Crippen molar-refractivity contribution >= 4 is 5.91 Å². The Hall–Kier alpha value is -0.570. The summed E-state index contributed by atoms with van der Waals surface area (Å²) in [6, 6.07) is 0.913. The van der Waals surface area contributed by atoms with Crippen LogP contribution >= 0.6 is 0 Å². The lowest BCUT2D eigenvalue weighted by Crippen LogP contribution is -2.40. The molecular formula is C16H30N2O. The summed E-state index contributed by atoms with van der Waals surface area (Å²) >= 11 is 0. The second-order valence-electron chi connectivity index (χ2n) is 6.74. The third kappa shape index (κ3) is 4.79. The first-order valence-corrected chi connectivity index (χ1v) is 8.18. The molecule has 0 heterocycles. The minimum atomic E-state index is 0.175. The van der Waals surface area contributed by atoms with Gasteiger partial charge >= 0.3 is 0 Å². The third-order valence-electron chi connectivity index (χ3n) is 4.77. The Morgan fingerprint density at radius 3 is 2.58 bits per heavy atom. The van der Waals surface area contributed by atoms with Crippen molar-refractivity contribution in [2.24, 2.45) is 11.8 Å². The molecule has 2 aliphatic carbocycles. The molecule has 3 heteroatoms. The molecule has 0 aromatic rings. The van der Waals surface area contributed by atoms with Gasteiger partial charge in [-0.1, -0.05) is 25.7 Å². The van der Waals surface area contributed by atoms with Gasteiger partial charge in [0, 0.05) is 25.0 Å². The van der Waals surface area contributed by atoms with Crippen LogP contribution in [0.15, 0.2) is 0 Å². The Labute approximate surface area is 117 Å². The van der Waals surface area contributed by atoms with Gasteiger partial charge in [-0.3, -0.25) is 4.79 Å². The van der Waals surface area contributed by atoms with Gasteiger partial charge in [0.05, 0.1) is 0 Å². The minimum Gasteiger partial charge on any atom is -0.354 e. The van der Waals surface area contributed by atoms with Crippen molar-refractivity contribution < 1.29 is 4.79 Å². The molecule has 3 atom stereocenters. The molecule has 0 radical (unpaired) electrons. The van der Waals surface area contributed by atoms with E-state index >= 15 is 0 Å². The predicted octanol–water partition coefficient (Wildman–Crippen LogP) is 2.85. The highest BCUT2D eigenvalue weighted by molar-refractivity contribution is 5.76. The fourth-order valence-electron chi connectivity index (χ4n) is 3.84. The first-order chi connectivity index (χ1) is 9.15. The van der Waals surface area contributed by atoms with E-state index in [2.05, 4.69) is 10.6 Å². The lowest BCUT2D eigenvalue weighted by molar-refractivity contribution is -0.121. The Kier molecular flexibility index (Phi) is 5.68. The standard InChI is InChI=1S/C16H30N2O/c1-12(2)18-16(19)9-10-17-15-8-7-13-5-3-4-6-14(13)11-15/h12-15,17H,3-11H2,1-2H3,(H,18,19). The fourth-order valence-corrected chi connectivity index (χ4v) is 3.84. The van der Waals surface area contributed by atoms with Crippen molar-refractivity contribution in [1.82, 2.24) is 10.6 Å². The molecule has 110 valence electrons. The fraction of sp³-hybridized carbons (Fsp3) is 0.938. The molecule has 2 N–H and O–H groups in total. The van der Waals surface area contributed by atoms with Crippen LogP contribution in [0.3, 0.4) is 0 Å². The maximum atomic E-state index is 11.6. The Bertz CT molecular complexity index is 290. The lowest BCUT2D eigenvalue weighted by atomic mass is 9.69. The molecule has 2 rings (SSSR count). The van der Waals surface area contributed by atoms with Crippen LogP contribution in [0, 0.1) is 11.8 Å². The number of hydrogen-bond donors (Lipinski definition) is 2. The van der Waals surface area contributed by atoms with Gasteiger partial charge in [-0.05, 0) is 44.9 Å². The molecule has 0 aromatic heterocycles. The average molecular weight is 266 g/mol. The van der Waals surface area contributed by atoms with E-state index in [0.29, 0.717) is 12.5 Å². The smallest absolute Gasteiger partial charge is 0.221 e. The van der Waals surface area contributed by atoms with Crippen molar-refractivity contribution in [3.63, 3.8) is 0 Å². The summed E-state index contributed by atoms with van der Waals surface area (Å²) in [5.74, 6) is 2.15. The molecule has 3 nitrogen and oxygen atoms in total. The van der Waals surface area contributed by atoms with Gasteiger partial charge in [-0.15, -0.1) is 0 Å². The summed E-state index contributed by atoms with van der Waals surface area (Å²) in [7, 11) is 0. The van der Waals surface area contributed by atoms with Crippen LogP contribution in [0.4, 0.5) is 0 Å². The normalized spacial score (nSPS) is 31.0. The molecule has 3 unspecified atom stereocenters. The van der Waals surface area contributed by atoms with Gasteiger partial charge in [-0.25, -0.2) is 0 Å². The molecule has 2 aliphatic rings. The highest BCUT2D eigenvalue weighted by Crippen LogP contribution is 2.40. The average Bonchev–Trinajstić information content (AvgIpc) is 2.37. The van der Waals surface area contributed by atoms with Gasteiger partial charge in [0.25, 0.3) is 0 Å². The summed E-state index contributed by atoms with van der Waals surface area (Å²) in [6.45, 7) is 4.85. The van der Waals surface area contributed by atoms with Crippen molar-refractivity contribution in [1.29, 1.82) is 0 Å². The lowest BCUT2D eigenvalue weighted by Gasteiger charge is -2.39. The van der Waals surface area contributed by atoms with Crippen LogP contribution in [0.1, 0.15) is 65.2 Å². The number of rotatable bonds is 5. The van der Waals surface area contributed by atoms with Gasteiger partial charge < -0.3 is 10.6 Å². The van der Waals surface area contributed by atoms with E-state index in [-0.39, 0.29) is 11.9 Å². The third-order valence-corrected chi connectivity index (χ3v) is 4.77. The summed E-state index contributed by atoms with van der Waals surface area (Å²) < 4.78 is 0. The van der Waals surface area contributed by atoms with E-state index in [0.717, 1.165) is 18.4 Å². The largest absolute Gasteiger partial charge is 0.354 e. The zero-order chi connectivity index (χ0) is 13.7. The van der Waals surface area contributed by atoms with Crippen molar-refractivity contribution in [3.05, 3.63) is 0 Å². The van der Waals surface area contributed by atoms with Gasteiger partial charge in [0.1, 0.15) is 0 Å². The topological polar surface area (TPSA) is 41.1 Å². The molecule has 0 saturated heterocycles. The Morgan fingerprint density at radius 1 is 1.11 bits per heavy atom. The van der Waals surface area contributed by atoms with E-state index in [1.54, 1.807) is 0 Å². The molecule has 0 aliphatic heterocycles. The number of hydrogen-bond acceptors (Lipinski definition) is 2. The highest BCUT2D eigenvalue weighted by Gasteiger charge is 2.31. The summed E-state index contributed by atoms with van der Waals surface area (Å²) in [4.78, 5) is 11.6. The molecule has 0 bridgehead atoms. The van der Waals surface area contributed by atoms with Crippen LogP contribution in [-0.4, -0.2) is 24.5 Å². The monoisotopic (exact) mass is 266 g/mol. The number of carbonyl (C=O) groups is 1. The molecule has 1 amide bonds. The second-order valence-corrected chi connectivity index (χ2v) is 6.74. The summed E-state index contributed by atoms with van der Waals surface area (Å²) in [5.41, 5.74) is 0. The van der Waals surface area contributed by atoms with Crippen molar-refractivity contribution in [3.8, 4) is 0 Å². The molecule has 2 saturated carbocycles. The van der Waals surface area contributed by atoms with E-state index in [1.807, 2.05) is 13.8 Å². The van der Waals surface area contributed by atoms with E-state index < -0.39 is 0 Å². The number of amides is 1. The summed E-state index contributed by atoms with van der Waals surface area (Å²) in [6.07, 6.45) is 10.5. The van der Waals surface area contributed by atoms with Gasteiger partial charge in [0.15, 0.2) is 0 Å². The number of nitrogens with one attached hydrogen (secondary N) is 2. The van der Waals surface area contributed by atoms with Crippen LogP contribution in [-0.2, 0) is 4.79 Å². The highest BCUT2D eigenvalue weighted by atomic mass is 16.1. The van der Waals surface area contributed by atoms with Crippen LogP contribution in [0.5, 0.6) is 0 Å². The van der Waals surface area contributed by atoms with Crippen LogP contribution < -0.4 is 10.6 Å². The summed E-state index contributed by atoms with van der Waals surface area (Å²) in [5, 5.41) is 6.54. The zero-order valence-electron chi connectivity index (χ0n) is 12.6.